The molecule has 0 spiro atoms. The molecular weight excluding hydrogens is 434 g/mol. The van der Waals surface area contributed by atoms with Gasteiger partial charge in [0, 0.05) is 33.3 Å². The van der Waals surface area contributed by atoms with Crippen molar-refractivity contribution in [2.45, 2.75) is 6.54 Å². The Kier molecular flexibility index (Phi) is 4.87. The molecule has 2 aromatic carbocycles. The number of nitrogens with one attached hydrogen (secondary N) is 1. The van der Waals surface area contributed by atoms with Crippen molar-refractivity contribution in [1.29, 1.82) is 5.41 Å². The molecule has 1 N–H and O–H groups in total. The fourth-order valence-electron chi connectivity index (χ4n) is 2.52. The smallest absolute Gasteiger partial charge is 0.202 e. The molecule has 3 aromatic rings. The third-order valence-corrected chi connectivity index (χ3v) is 4.85. The maximum absolute atomic E-state index is 12.5. The molecular formula is C18H15Br2N3O. The van der Waals surface area contributed by atoms with E-state index >= 15 is 0 Å². The van der Waals surface area contributed by atoms with Crippen molar-refractivity contribution in [3.8, 4) is 11.3 Å². The highest BCUT2D eigenvalue weighted by atomic mass is 79.9. The zero-order valence-corrected chi connectivity index (χ0v) is 16.1. The lowest BCUT2D eigenvalue weighted by atomic mass is 10.1. The van der Waals surface area contributed by atoms with Gasteiger partial charge >= 0.3 is 0 Å². The maximum Gasteiger partial charge on any atom is 0.202 e. The summed E-state index contributed by atoms with van der Waals surface area (Å²) < 4.78 is 5.35. The second-order valence-corrected chi connectivity index (χ2v) is 7.30. The van der Waals surface area contributed by atoms with Gasteiger partial charge in [-0.3, -0.25) is 10.2 Å². The van der Waals surface area contributed by atoms with Crippen LogP contribution in [0.5, 0.6) is 0 Å². The Hall–Kier alpha value is -1.92. The van der Waals surface area contributed by atoms with E-state index in [0.717, 1.165) is 20.2 Å². The zero-order valence-electron chi connectivity index (χ0n) is 13.0. The van der Waals surface area contributed by atoms with E-state index in [2.05, 4.69) is 31.9 Å². The number of benzene rings is 2. The largest absolute Gasteiger partial charge is 0.314 e. The van der Waals surface area contributed by atoms with E-state index in [9.17, 15) is 4.79 Å². The highest BCUT2D eigenvalue weighted by Crippen LogP contribution is 2.22. The minimum atomic E-state index is -0.0209. The summed E-state index contributed by atoms with van der Waals surface area (Å²) in [7, 11) is 1.83. The number of carbonyl (C=O) groups excluding carboxylic acids is 1. The molecule has 0 amide bonds. The highest BCUT2D eigenvalue weighted by molar-refractivity contribution is 9.10. The summed E-state index contributed by atoms with van der Waals surface area (Å²) in [6.07, 6.45) is 1.85. The Morgan fingerprint density at radius 1 is 1.08 bits per heavy atom. The first-order valence-electron chi connectivity index (χ1n) is 7.31. The Morgan fingerprint density at radius 3 is 2.46 bits per heavy atom. The van der Waals surface area contributed by atoms with Gasteiger partial charge in [-0.2, -0.15) is 0 Å². The van der Waals surface area contributed by atoms with Gasteiger partial charge in [-0.1, -0.05) is 56.1 Å². The number of hydrogen-bond acceptors (Lipinski definition) is 2. The van der Waals surface area contributed by atoms with Crippen molar-refractivity contribution in [1.82, 2.24) is 9.13 Å². The number of rotatable bonds is 4. The molecule has 0 saturated carbocycles. The third-order valence-electron chi connectivity index (χ3n) is 3.83. The number of hydrogen-bond donors (Lipinski definition) is 1. The summed E-state index contributed by atoms with van der Waals surface area (Å²) in [4.78, 5) is 12.5. The number of Topliss-reactive ketones (excluding diaryl/α,β-unsaturated/α-hetero) is 1. The van der Waals surface area contributed by atoms with E-state index in [0.29, 0.717) is 5.56 Å². The second-order valence-electron chi connectivity index (χ2n) is 5.47. The summed E-state index contributed by atoms with van der Waals surface area (Å²) in [5.41, 5.74) is 2.81. The van der Waals surface area contributed by atoms with E-state index in [4.69, 9.17) is 5.41 Å². The van der Waals surface area contributed by atoms with Crippen molar-refractivity contribution >= 4 is 37.6 Å². The van der Waals surface area contributed by atoms with Gasteiger partial charge in [-0.15, -0.1) is 0 Å². The average molecular weight is 449 g/mol. The zero-order chi connectivity index (χ0) is 17.3. The van der Waals surface area contributed by atoms with E-state index < -0.39 is 0 Å². The summed E-state index contributed by atoms with van der Waals surface area (Å²) in [5, 5.41) is 8.26. The fraction of sp³-hybridized carbons (Fsp3) is 0.111. The molecule has 0 aliphatic carbocycles. The van der Waals surface area contributed by atoms with E-state index in [1.54, 1.807) is 21.3 Å². The molecule has 0 fully saturated rings. The first-order chi connectivity index (χ1) is 11.5. The average Bonchev–Trinajstić information content (AvgIpc) is 2.84. The molecule has 0 aliphatic rings. The van der Waals surface area contributed by atoms with Gasteiger partial charge in [0.1, 0.15) is 0 Å². The van der Waals surface area contributed by atoms with Gasteiger partial charge in [0.25, 0.3) is 0 Å². The van der Waals surface area contributed by atoms with Crippen molar-refractivity contribution < 1.29 is 4.79 Å². The van der Waals surface area contributed by atoms with Crippen LogP contribution in [0.15, 0.2) is 63.7 Å². The number of imidazole rings is 1. The van der Waals surface area contributed by atoms with Crippen molar-refractivity contribution in [2.75, 3.05) is 0 Å². The molecule has 122 valence electrons. The Balaban J connectivity index is 1.92. The monoisotopic (exact) mass is 447 g/mol. The number of aromatic nitrogens is 2. The summed E-state index contributed by atoms with van der Waals surface area (Å²) in [6, 6.07) is 15.2. The predicted molar refractivity (Wildman–Crippen MR) is 101 cm³/mol. The van der Waals surface area contributed by atoms with Crippen LogP contribution < -0.4 is 5.62 Å². The Morgan fingerprint density at radius 2 is 1.79 bits per heavy atom. The summed E-state index contributed by atoms with van der Waals surface area (Å²) >= 11 is 6.83. The normalized spacial score (nSPS) is 10.8. The molecule has 0 radical (unpaired) electrons. The van der Waals surface area contributed by atoms with Gasteiger partial charge < -0.3 is 9.13 Å². The minimum absolute atomic E-state index is 0.0209. The molecule has 24 heavy (non-hydrogen) atoms. The number of ketones is 1. The maximum atomic E-state index is 12.5. The van der Waals surface area contributed by atoms with Crippen LogP contribution in [0.1, 0.15) is 10.4 Å². The van der Waals surface area contributed by atoms with Crippen LogP contribution in [0.2, 0.25) is 0 Å². The third kappa shape index (κ3) is 3.44. The van der Waals surface area contributed by atoms with Crippen LogP contribution in [0.25, 0.3) is 11.3 Å². The second kappa shape index (κ2) is 6.91. The Bertz CT molecular complexity index is 955. The van der Waals surface area contributed by atoms with Gasteiger partial charge in [0.15, 0.2) is 5.78 Å². The first-order valence-corrected chi connectivity index (χ1v) is 8.90. The summed E-state index contributed by atoms with van der Waals surface area (Å²) in [5.74, 6) is -0.0209. The van der Waals surface area contributed by atoms with Crippen molar-refractivity contribution in [3.05, 3.63) is 74.9 Å². The highest BCUT2D eigenvalue weighted by Gasteiger charge is 2.12. The van der Waals surface area contributed by atoms with Gasteiger partial charge in [-0.05, 0) is 24.3 Å². The van der Waals surface area contributed by atoms with Crippen molar-refractivity contribution in [3.63, 3.8) is 0 Å². The molecule has 0 unspecified atom stereocenters. The quantitative estimate of drug-likeness (QED) is 0.591. The van der Waals surface area contributed by atoms with Crippen LogP contribution in [-0.4, -0.2) is 14.9 Å². The lowest BCUT2D eigenvalue weighted by Gasteiger charge is -2.02. The van der Waals surface area contributed by atoms with Crippen LogP contribution in [0, 0.1) is 5.41 Å². The molecule has 0 aliphatic heterocycles. The summed E-state index contributed by atoms with van der Waals surface area (Å²) in [6.45, 7) is 0.141. The molecule has 6 heteroatoms. The first kappa shape index (κ1) is 16.9. The molecule has 4 nitrogen and oxygen atoms in total. The number of carbonyl (C=O) groups is 1. The molecule has 1 aromatic heterocycles. The van der Waals surface area contributed by atoms with Crippen LogP contribution in [0.4, 0.5) is 0 Å². The lowest BCUT2D eigenvalue weighted by Crippen LogP contribution is -2.25. The molecule has 0 saturated heterocycles. The standard InChI is InChI=1S/C18H15Br2N3O/c1-22-16(13-3-2-4-15(20)9-13)10-23(18(22)21)11-17(24)12-5-7-14(19)8-6-12/h2-10,21H,11H2,1H3. The van der Waals surface area contributed by atoms with E-state index in [1.165, 1.54) is 0 Å². The molecule has 0 bridgehead atoms. The number of halogens is 2. The number of nitrogens with zero attached hydrogens (tertiary/aromatic N) is 2. The Labute approximate surface area is 156 Å². The van der Waals surface area contributed by atoms with E-state index in [-0.39, 0.29) is 17.9 Å². The van der Waals surface area contributed by atoms with E-state index in [1.807, 2.05) is 49.6 Å². The minimum Gasteiger partial charge on any atom is -0.314 e. The van der Waals surface area contributed by atoms with Gasteiger partial charge in [-0.25, -0.2) is 0 Å². The van der Waals surface area contributed by atoms with Gasteiger partial charge in [0.2, 0.25) is 5.62 Å². The fourth-order valence-corrected chi connectivity index (χ4v) is 3.18. The topological polar surface area (TPSA) is 50.8 Å². The lowest BCUT2D eigenvalue weighted by molar-refractivity contribution is 0.0970. The predicted octanol–water partition coefficient (Wildman–Crippen LogP) is 4.38. The van der Waals surface area contributed by atoms with Crippen LogP contribution in [0.3, 0.4) is 0 Å². The SMILES string of the molecule is Cn1c(-c2cccc(Br)c2)cn(CC(=O)c2ccc(Br)cc2)c1=N. The van der Waals surface area contributed by atoms with Crippen molar-refractivity contribution in [2.24, 2.45) is 7.05 Å². The van der Waals surface area contributed by atoms with Gasteiger partial charge in [0.05, 0.1) is 12.2 Å². The molecule has 3 rings (SSSR count). The molecule has 0 atom stereocenters. The van der Waals surface area contributed by atoms with Crippen LogP contribution in [-0.2, 0) is 13.6 Å². The molecule has 1 heterocycles. The van der Waals surface area contributed by atoms with Crippen LogP contribution >= 0.6 is 31.9 Å².